The Morgan fingerprint density at radius 1 is 1.28 bits per heavy atom. The molecule has 0 aliphatic rings. The molecule has 1 aromatic carbocycles. The molecule has 0 bridgehead atoms. The largest absolute Gasteiger partial charge is 0.388 e. The number of aliphatic hydroxyl groups excluding tert-OH is 1. The van der Waals surface area contributed by atoms with Gasteiger partial charge in [0.05, 0.1) is 11.1 Å². The van der Waals surface area contributed by atoms with Crippen LogP contribution in [0.15, 0.2) is 36.7 Å². The van der Waals surface area contributed by atoms with Crippen LogP contribution in [-0.4, -0.2) is 10.1 Å². The molecule has 0 saturated heterocycles. The zero-order chi connectivity index (χ0) is 13.1. The topological polar surface area (TPSA) is 33.1 Å². The second-order valence-electron chi connectivity index (χ2n) is 3.85. The first-order valence-corrected chi connectivity index (χ1v) is 6.05. The molecule has 0 aliphatic carbocycles. The third-order valence-electron chi connectivity index (χ3n) is 2.59. The summed E-state index contributed by atoms with van der Waals surface area (Å²) in [4.78, 5) is 3.85. The van der Waals surface area contributed by atoms with Gasteiger partial charge in [-0.05, 0) is 29.8 Å². The molecule has 0 aliphatic heterocycles. The lowest BCUT2D eigenvalue weighted by Crippen LogP contribution is -2.05. The van der Waals surface area contributed by atoms with E-state index in [1.807, 2.05) is 0 Å². The summed E-state index contributed by atoms with van der Waals surface area (Å²) in [7, 11) is 0. The maximum absolute atomic E-state index is 13.6. The van der Waals surface area contributed by atoms with E-state index in [-0.39, 0.29) is 12.0 Å². The Morgan fingerprint density at radius 2 is 2.06 bits per heavy atom. The standard InChI is InChI=1S/C13H10Cl2FNO/c14-9-1-2-12(16)10(6-9)13(18)5-8-3-4-17-7-11(8)15/h1-4,6-7,13,18H,5H2. The fraction of sp³-hybridized carbons (Fsp3) is 0.154. The number of rotatable bonds is 3. The lowest BCUT2D eigenvalue weighted by Gasteiger charge is -2.13. The SMILES string of the molecule is OC(Cc1ccncc1Cl)c1cc(Cl)ccc1F. The molecule has 2 aromatic rings. The normalized spacial score (nSPS) is 12.4. The number of nitrogens with zero attached hydrogens (tertiary/aromatic N) is 1. The Balaban J connectivity index is 2.25. The molecule has 0 amide bonds. The zero-order valence-electron chi connectivity index (χ0n) is 9.28. The number of hydrogen-bond donors (Lipinski definition) is 1. The van der Waals surface area contributed by atoms with Crippen molar-refractivity contribution in [2.45, 2.75) is 12.5 Å². The van der Waals surface area contributed by atoms with Gasteiger partial charge in [-0.15, -0.1) is 0 Å². The summed E-state index contributed by atoms with van der Waals surface area (Å²) in [6.45, 7) is 0. The number of pyridine rings is 1. The van der Waals surface area contributed by atoms with Crippen molar-refractivity contribution in [3.8, 4) is 0 Å². The van der Waals surface area contributed by atoms with E-state index in [4.69, 9.17) is 23.2 Å². The van der Waals surface area contributed by atoms with Crippen LogP contribution in [0.4, 0.5) is 4.39 Å². The van der Waals surface area contributed by atoms with E-state index in [2.05, 4.69) is 4.98 Å². The molecule has 0 saturated carbocycles. The molecule has 5 heteroatoms. The summed E-state index contributed by atoms with van der Waals surface area (Å²) in [6.07, 6.45) is 2.27. The highest BCUT2D eigenvalue weighted by Gasteiger charge is 2.15. The first-order valence-electron chi connectivity index (χ1n) is 5.29. The van der Waals surface area contributed by atoms with Gasteiger partial charge in [-0.25, -0.2) is 4.39 Å². The van der Waals surface area contributed by atoms with Crippen LogP contribution in [0.25, 0.3) is 0 Å². The molecule has 2 rings (SSSR count). The molecule has 0 radical (unpaired) electrons. The highest BCUT2D eigenvalue weighted by molar-refractivity contribution is 6.31. The Morgan fingerprint density at radius 3 is 2.78 bits per heavy atom. The van der Waals surface area contributed by atoms with Crippen LogP contribution in [0.2, 0.25) is 10.0 Å². The van der Waals surface area contributed by atoms with Crippen LogP contribution in [0.5, 0.6) is 0 Å². The van der Waals surface area contributed by atoms with Crippen LogP contribution in [0, 0.1) is 5.82 Å². The maximum atomic E-state index is 13.6. The minimum absolute atomic E-state index is 0.162. The second kappa shape index (κ2) is 5.65. The van der Waals surface area contributed by atoms with Crippen LogP contribution in [0.1, 0.15) is 17.2 Å². The summed E-state index contributed by atoms with van der Waals surface area (Å²) in [6, 6.07) is 5.77. The van der Waals surface area contributed by atoms with Crippen LogP contribution >= 0.6 is 23.2 Å². The molecule has 1 heterocycles. The monoisotopic (exact) mass is 285 g/mol. The zero-order valence-corrected chi connectivity index (χ0v) is 10.8. The van der Waals surface area contributed by atoms with Crippen molar-refractivity contribution >= 4 is 23.2 Å². The Hall–Kier alpha value is -1.16. The molecule has 0 spiro atoms. The molecule has 1 aromatic heterocycles. The molecular weight excluding hydrogens is 276 g/mol. The predicted octanol–water partition coefficient (Wildman–Crippen LogP) is 3.80. The average Bonchev–Trinajstić information content (AvgIpc) is 2.35. The number of aromatic nitrogens is 1. The van der Waals surface area contributed by atoms with E-state index >= 15 is 0 Å². The summed E-state index contributed by atoms with van der Waals surface area (Å²) in [5.41, 5.74) is 0.869. The molecule has 2 nitrogen and oxygen atoms in total. The van der Waals surface area contributed by atoms with E-state index in [1.54, 1.807) is 12.3 Å². The van der Waals surface area contributed by atoms with Crippen LogP contribution in [0.3, 0.4) is 0 Å². The Kier molecular flexibility index (Phi) is 4.17. The first kappa shape index (κ1) is 13.3. The van der Waals surface area contributed by atoms with Crippen molar-refractivity contribution < 1.29 is 9.50 Å². The van der Waals surface area contributed by atoms with Gasteiger partial charge in [-0.2, -0.15) is 0 Å². The van der Waals surface area contributed by atoms with Gasteiger partial charge in [-0.1, -0.05) is 23.2 Å². The molecular formula is C13H10Cl2FNO. The molecule has 1 N–H and O–H groups in total. The van der Waals surface area contributed by atoms with Crippen molar-refractivity contribution in [1.29, 1.82) is 0 Å². The highest BCUT2D eigenvalue weighted by atomic mass is 35.5. The van der Waals surface area contributed by atoms with Gasteiger partial charge in [0.2, 0.25) is 0 Å². The average molecular weight is 286 g/mol. The third kappa shape index (κ3) is 2.99. The van der Waals surface area contributed by atoms with E-state index < -0.39 is 11.9 Å². The van der Waals surface area contributed by atoms with Gasteiger partial charge in [0.15, 0.2) is 0 Å². The third-order valence-corrected chi connectivity index (χ3v) is 3.16. The number of benzene rings is 1. The van der Waals surface area contributed by atoms with Crippen LogP contribution < -0.4 is 0 Å². The fourth-order valence-electron chi connectivity index (χ4n) is 1.66. The summed E-state index contributed by atoms with van der Waals surface area (Å²) < 4.78 is 13.6. The van der Waals surface area contributed by atoms with E-state index in [0.717, 1.165) is 0 Å². The fourth-order valence-corrected chi connectivity index (χ4v) is 2.03. The maximum Gasteiger partial charge on any atom is 0.129 e. The van der Waals surface area contributed by atoms with Gasteiger partial charge >= 0.3 is 0 Å². The van der Waals surface area contributed by atoms with Crippen molar-refractivity contribution in [3.05, 3.63) is 63.6 Å². The second-order valence-corrected chi connectivity index (χ2v) is 4.70. The quantitative estimate of drug-likeness (QED) is 0.930. The lowest BCUT2D eigenvalue weighted by atomic mass is 10.0. The molecule has 18 heavy (non-hydrogen) atoms. The van der Waals surface area contributed by atoms with Gasteiger partial charge < -0.3 is 5.11 Å². The van der Waals surface area contributed by atoms with Crippen molar-refractivity contribution in [2.24, 2.45) is 0 Å². The number of halogens is 3. The van der Waals surface area contributed by atoms with Crippen molar-refractivity contribution in [1.82, 2.24) is 4.98 Å². The van der Waals surface area contributed by atoms with Crippen LogP contribution in [-0.2, 0) is 6.42 Å². The van der Waals surface area contributed by atoms with E-state index in [9.17, 15) is 9.50 Å². The lowest BCUT2D eigenvalue weighted by molar-refractivity contribution is 0.173. The van der Waals surface area contributed by atoms with Gasteiger partial charge in [0.25, 0.3) is 0 Å². The molecule has 94 valence electrons. The summed E-state index contributed by atoms with van der Waals surface area (Å²) in [5.74, 6) is -0.489. The van der Waals surface area contributed by atoms with Gasteiger partial charge in [0, 0.05) is 29.4 Å². The first-order chi connectivity index (χ1) is 8.58. The van der Waals surface area contributed by atoms with E-state index in [1.165, 1.54) is 24.4 Å². The number of aliphatic hydroxyl groups is 1. The van der Waals surface area contributed by atoms with Gasteiger partial charge in [-0.3, -0.25) is 4.98 Å². The molecule has 0 fully saturated rings. The summed E-state index contributed by atoms with van der Waals surface area (Å²) >= 11 is 11.7. The smallest absolute Gasteiger partial charge is 0.129 e. The molecule has 1 unspecified atom stereocenters. The van der Waals surface area contributed by atoms with Gasteiger partial charge in [0.1, 0.15) is 5.82 Å². The highest BCUT2D eigenvalue weighted by Crippen LogP contribution is 2.26. The minimum Gasteiger partial charge on any atom is -0.388 e. The Bertz CT molecular complexity index is 562. The molecule has 1 atom stereocenters. The number of hydrogen-bond acceptors (Lipinski definition) is 2. The minimum atomic E-state index is -0.997. The Labute approximate surface area is 114 Å². The summed E-state index contributed by atoms with van der Waals surface area (Å²) in [5, 5.41) is 10.9. The van der Waals surface area contributed by atoms with Crippen molar-refractivity contribution in [3.63, 3.8) is 0 Å². The predicted molar refractivity (Wildman–Crippen MR) is 69.3 cm³/mol. The van der Waals surface area contributed by atoms with Crippen molar-refractivity contribution in [2.75, 3.05) is 0 Å². The van der Waals surface area contributed by atoms with E-state index in [0.29, 0.717) is 15.6 Å².